The van der Waals surface area contributed by atoms with Crippen LogP contribution in [0.25, 0.3) is 0 Å². The highest BCUT2D eigenvalue weighted by Gasteiger charge is 2.58. The molecule has 0 radical (unpaired) electrons. The molecule has 2 heteroatoms. The first kappa shape index (κ1) is 21.2. The SMILES string of the molecule is CCCC(=O)CCC1CC1c1cccc(OCC2C(c3cccc(C)c3)C2(C)C)c1. The maximum absolute atomic E-state index is 11.8. The van der Waals surface area contributed by atoms with E-state index in [9.17, 15) is 4.79 Å². The van der Waals surface area contributed by atoms with Gasteiger partial charge >= 0.3 is 0 Å². The summed E-state index contributed by atoms with van der Waals surface area (Å²) in [7, 11) is 0. The summed E-state index contributed by atoms with van der Waals surface area (Å²) in [6, 6.07) is 17.6. The van der Waals surface area contributed by atoms with Crippen LogP contribution >= 0.6 is 0 Å². The molecule has 4 atom stereocenters. The molecule has 2 saturated carbocycles. The predicted molar refractivity (Wildman–Crippen MR) is 123 cm³/mol. The van der Waals surface area contributed by atoms with Crippen molar-refractivity contribution < 1.29 is 9.53 Å². The third-order valence-electron chi connectivity index (χ3n) is 7.41. The molecule has 0 N–H and O–H groups in total. The smallest absolute Gasteiger partial charge is 0.132 e. The second-order valence-electron chi connectivity index (χ2n) is 10.1. The van der Waals surface area contributed by atoms with Crippen LogP contribution in [0.4, 0.5) is 0 Å². The van der Waals surface area contributed by atoms with Gasteiger partial charge < -0.3 is 4.74 Å². The standard InChI is InChI=1S/C28H36O2/c1-5-8-23(29)14-13-21-17-25(21)20-10-7-12-24(16-20)30-18-26-27(28(26,3)4)22-11-6-9-19(2)15-22/h6-7,9-12,15-16,21,25-27H,5,8,13-14,17-18H2,1-4H3. The normalized spacial score (nSPS) is 26.3. The fourth-order valence-electron chi connectivity index (χ4n) is 5.33. The summed E-state index contributed by atoms with van der Waals surface area (Å²) in [5, 5.41) is 0. The molecule has 2 aromatic carbocycles. The van der Waals surface area contributed by atoms with Gasteiger partial charge in [0.05, 0.1) is 6.61 Å². The van der Waals surface area contributed by atoms with Crippen LogP contribution in [0.5, 0.6) is 5.75 Å². The molecular weight excluding hydrogens is 368 g/mol. The van der Waals surface area contributed by atoms with E-state index in [1.54, 1.807) is 0 Å². The summed E-state index contributed by atoms with van der Waals surface area (Å²) < 4.78 is 6.28. The Kier molecular flexibility index (Phi) is 6.04. The topological polar surface area (TPSA) is 26.3 Å². The van der Waals surface area contributed by atoms with Gasteiger partial charge in [-0.05, 0) is 72.6 Å². The molecule has 160 valence electrons. The second kappa shape index (κ2) is 8.57. The molecule has 30 heavy (non-hydrogen) atoms. The van der Waals surface area contributed by atoms with E-state index in [0.29, 0.717) is 29.5 Å². The van der Waals surface area contributed by atoms with E-state index >= 15 is 0 Å². The zero-order valence-electron chi connectivity index (χ0n) is 19.0. The van der Waals surface area contributed by atoms with Gasteiger partial charge in [-0.1, -0.05) is 62.7 Å². The van der Waals surface area contributed by atoms with Crippen LogP contribution in [0.15, 0.2) is 48.5 Å². The average Bonchev–Trinajstić information content (AvgIpc) is 3.60. The lowest BCUT2D eigenvalue weighted by Crippen LogP contribution is -2.04. The summed E-state index contributed by atoms with van der Waals surface area (Å²) in [6.07, 6.45) is 4.72. The highest BCUT2D eigenvalue weighted by molar-refractivity contribution is 5.78. The van der Waals surface area contributed by atoms with Crippen LogP contribution in [0.3, 0.4) is 0 Å². The first-order valence-electron chi connectivity index (χ1n) is 11.7. The molecule has 2 nitrogen and oxygen atoms in total. The summed E-state index contributed by atoms with van der Waals surface area (Å²) >= 11 is 0. The van der Waals surface area contributed by atoms with E-state index < -0.39 is 0 Å². The molecule has 4 unspecified atom stereocenters. The number of hydrogen-bond donors (Lipinski definition) is 0. The fraction of sp³-hybridized carbons (Fsp3) is 0.536. The van der Waals surface area contributed by atoms with Crippen molar-refractivity contribution in [1.82, 2.24) is 0 Å². The molecule has 0 bridgehead atoms. The quantitative estimate of drug-likeness (QED) is 0.423. The first-order chi connectivity index (χ1) is 14.4. The molecule has 0 amide bonds. The van der Waals surface area contributed by atoms with Crippen molar-refractivity contribution in [3.8, 4) is 5.75 Å². The third kappa shape index (κ3) is 4.63. The van der Waals surface area contributed by atoms with Gasteiger partial charge in [-0.25, -0.2) is 0 Å². The van der Waals surface area contributed by atoms with Gasteiger partial charge in [-0.3, -0.25) is 4.79 Å². The van der Waals surface area contributed by atoms with Crippen LogP contribution < -0.4 is 4.74 Å². The Morgan fingerprint density at radius 1 is 1.07 bits per heavy atom. The van der Waals surface area contributed by atoms with E-state index in [4.69, 9.17) is 4.74 Å². The van der Waals surface area contributed by atoms with Crippen molar-refractivity contribution >= 4 is 5.78 Å². The van der Waals surface area contributed by atoms with Crippen molar-refractivity contribution in [2.24, 2.45) is 17.3 Å². The number of ketones is 1. The number of benzene rings is 2. The fourth-order valence-corrected chi connectivity index (χ4v) is 5.33. The van der Waals surface area contributed by atoms with Gasteiger partial charge in [-0.15, -0.1) is 0 Å². The molecule has 2 aromatic rings. The monoisotopic (exact) mass is 404 g/mol. The maximum atomic E-state index is 11.8. The summed E-state index contributed by atoms with van der Waals surface area (Å²) in [6.45, 7) is 9.74. The number of ether oxygens (including phenoxy) is 1. The molecule has 2 aliphatic carbocycles. The van der Waals surface area contributed by atoms with Gasteiger partial charge in [0.1, 0.15) is 11.5 Å². The van der Waals surface area contributed by atoms with Crippen LogP contribution in [0.2, 0.25) is 0 Å². The van der Waals surface area contributed by atoms with E-state index in [0.717, 1.165) is 38.0 Å². The predicted octanol–water partition coefficient (Wildman–Crippen LogP) is 7.07. The third-order valence-corrected chi connectivity index (χ3v) is 7.41. The van der Waals surface area contributed by atoms with Gasteiger partial charge in [0.15, 0.2) is 0 Å². The summed E-state index contributed by atoms with van der Waals surface area (Å²) in [5.41, 5.74) is 4.45. The number of aryl methyl sites for hydroxylation is 1. The second-order valence-corrected chi connectivity index (χ2v) is 10.1. The Balaban J connectivity index is 1.31. The van der Waals surface area contributed by atoms with Crippen molar-refractivity contribution in [2.45, 2.75) is 71.6 Å². The Bertz CT molecular complexity index is 897. The Hall–Kier alpha value is -2.09. The van der Waals surface area contributed by atoms with Crippen LogP contribution in [-0.4, -0.2) is 12.4 Å². The lowest BCUT2D eigenvalue weighted by molar-refractivity contribution is -0.119. The number of carbonyl (C=O) groups is 1. The van der Waals surface area contributed by atoms with Gasteiger partial charge in [0.25, 0.3) is 0 Å². The van der Waals surface area contributed by atoms with E-state index in [2.05, 4.69) is 76.2 Å². The lowest BCUT2D eigenvalue weighted by Gasteiger charge is -2.09. The highest BCUT2D eigenvalue weighted by atomic mass is 16.5. The Labute approximate surface area is 182 Å². The minimum Gasteiger partial charge on any atom is -0.493 e. The summed E-state index contributed by atoms with van der Waals surface area (Å²) in [5.74, 6) is 3.84. The lowest BCUT2D eigenvalue weighted by atomic mass is 10.0. The number of hydrogen-bond acceptors (Lipinski definition) is 2. The van der Waals surface area contributed by atoms with Gasteiger partial charge in [-0.2, -0.15) is 0 Å². The van der Waals surface area contributed by atoms with Crippen LogP contribution in [0.1, 0.15) is 81.4 Å². The molecule has 2 aliphatic rings. The largest absolute Gasteiger partial charge is 0.493 e. The molecule has 4 rings (SSSR count). The minimum atomic E-state index is 0.290. The molecular formula is C28H36O2. The number of carbonyl (C=O) groups excluding carboxylic acids is 1. The highest BCUT2D eigenvalue weighted by Crippen LogP contribution is 2.64. The minimum absolute atomic E-state index is 0.290. The van der Waals surface area contributed by atoms with Crippen molar-refractivity contribution in [1.29, 1.82) is 0 Å². The van der Waals surface area contributed by atoms with Crippen molar-refractivity contribution in [3.63, 3.8) is 0 Å². The van der Waals surface area contributed by atoms with Crippen molar-refractivity contribution in [2.75, 3.05) is 6.61 Å². The summed E-state index contributed by atoms with van der Waals surface area (Å²) in [4.78, 5) is 11.8. The van der Waals surface area contributed by atoms with Crippen molar-refractivity contribution in [3.05, 3.63) is 65.2 Å². The Morgan fingerprint density at radius 3 is 2.60 bits per heavy atom. The average molecular weight is 405 g/mol. The van der Waals surface area contributed by atoms with Gasteiger partial charge in [0.2, 0.25) is 0 Å². The van der Waals surface area contributed by atoms with Gasteiger partial charge in [0, 0.05) is 18.8 Å². The molecule has 2 fully saturated rings. The first-order valence-corrected chi connectivity index (χ1v) is 11.7. The zero-order chi connectivity index (χ0) is 21.3. The molecule has 0 aliphatic heterocycles. The van der Waals surface area contributed by atoms with E-state index in [1.165, 1.54) is 23.1 Å². The van der Waals surface area contributed by atoms with E-state index in [1.807, 2.05) is 0 Å². The number of rotatable bonds is 10. The number of Topliss-reactive ketones (excluding diaryl/α,β-unsaturated/α-hetero) is 1. The zero-order valence-corrected chi connectivity index (χ0v) is 19.0. The van der Waals surface area contributed by atoms with Crippen LogP contribution in [-0.2, 0) is 4.79 Å². The van der Waals surface area contributed by atoms with E-state index in [-0.39, 0.29) is 5.41 Å². The molecule has 0 saturated heterocycles. The van der Waals surface area contributed by atoms with Crippen LogP contribution in [0, 0.1) is 24.2 Å². The Morgan fingerprint density at radius 2 is 1.83 bits per heavy atom. The molecule has 0 spiro atoms. The molecule has 0 heterocycles. The molecule has 0 aromatic heterocycles. The maximum Gasteiger partial charge on any atom is 0.132 e.